The number of piperidine rings is 3. The molecule has 0 saturated carbocycles. The summed E-state index contributed by atoms with van der Waals surface area (Å²) in [5, 5.41) is 7.10. The minimum absolute atomic E-state index is 0.0613. The third-order valence-electron chi connectivity index (χ3n) is 6.80. The molecule has 2 bridgehead atoms. The second-order valence-electron chi connectivity index (χ2n) is 8.37. The van der Waals surface area contributed by atoms with E-state index in [0.717, 1.165) is 39.0 Å². The summed E-state index contributed by atoms with van der Waals surface area (Å²) < 4.78 is 5.54. The molecule has 8 nitrogen and oxygen atoms in total. The van der Waals surface area contributed by atoms with Gasteiger partial charge in [-0.1, -0.05) is 0 Å². The number of carbonyl (C=O) groups excluding carboxylic acids is 2. The van der Waals surface area contributed by atoms with E-state index in [4.69, 9.17) is 4.42 Å². The first-order chi connectivity index (χ1) is 14.1. The Morgan fingerprint density at radius 1 is 1.21 bits per heavy atom. The van der Waals surface area contributed by atoms with E-state index >= 15 is 0 Å². The number of aromatic nitrogens is 1. The maximum Gasteiger partial charge on any atom is 0.270 e. The molecule has 4 aliphatic rings. The molecule has 8 heteroatoms. The van der Waals surface area contributed by atoms with Gasteiger partial charge in [0.25, 0.3) is 11.8 Å². The van der Waals surface area contributed by atoms with E-state index in [9.17, 15) is 9.59 Å². The van der Waals surface area contributed by atoms with E-state index < -0.39 is 0 Å². The lowest BCUT2D eigenvalue weighted by atomic mass is 9.79. The number of hydrogen-bond acceptors (Lipinski definition) is 6. The van der Waals surface area contributed by atoms with Gasteiger partial charge in [-0.3, -0.25) is 14.5 Å². The number of carbonyl (C=O) groups is 2. The quantitative estimate of drug-likeness (QED) is 0.806. The van der Waals surface area contributed by atoms with Crippen LogP contribution in [0.5, 0.6) is 0 Å². The molecule has 0 aromatic carbocycles. The number of fused-ring (bicyclic) bond motifs is 4. The van der Waals surface area contributed by atoms with Crippen LogP contribution in [0.15, 0.2) is 22.9 Å². The molecule has 2 N–H and O–H groups in total. The number of rotatable bonds is 3. The minimum atomic E-state index is -0.181. The summed E-state index contributed by atoms with van der Waals surface area (Å²) >= 11 is 0. The van der Waals surface area contributed by atoms with Gasteiger partial charge in [-0.25, -0.2) is 4.98 Å². The van der Waals surface area contributed by atoms with E-state index in [1.54, 1.807) is 12.3 Å². The van der Waals surface area contributed by atoms with Crippen LogP contribution in [0.4, 0.5) is 0 Å². The third kappa shape index (κ3) is 3.30. The maximum absolute atomic E-state index is 13.0. The second kappa shape index (κ2) is 7.42. The lowest BCUT2D eigenvalue weighted by Gasteiger charge is -2.49. The molecule has 4 saturated heterocycles. The van der Waals surface area contributed by atoms with Crippen molar-refractivity contribution < 1.29 is 14.0 Å². The Morgan fingerprint density at radius 2 is 1.97 bits per heavy atom. The second-order valence-corrected chi connectivity index (χ2v) is 8.37. The Bertz CT molecular complexity index is 926. The Labute approximate surface area is 169 Å². The molecule has 2 unspecified atom stereocenters. The van der Waals surface area contributed by atoms with Crippen molar-refractivity contribution in [2.24, 2.45) is 5.92 Å². The molecule has 2 aromatic rings. The summed E-state index contributed by atoms with van der Waals surface area (Å²) in [4.78, 5) is 34.4. The van der Waals surface area contributed by atoms with E-state index in [-0.39, 0.29) is 17.9 Å². The van der Waals surface area contributed by atoms with Crippen molar-refractivity contribution >= 4 is 22.8 Å². The predicted octanol–water partition coefficient (Wildman–Crippen LogP) is 1.09. The highest BCUT2D eigenvalue weighted by Gasteiger charge is 2.40. The van der Waals surface area contributed by atoms with Crippen LogP contribution >= 0.6 is 0 Å². The van der Waals surface area contributed by atoms with Crippen molar-refractivity contribution in [2.75, 3.05) is 39.3 Å². The van der Waals surface area contributed by atoms with Gasteiger partial charge in [-0.15, -0.1) is 0 Å². The van der Waals surface area contributed by atoms with Crippen molar-refractivity contribution in [1.29, 1.82) is 0 Å². The van der Waals surface area contributed by atoms with E-state index in [1.165, 1.54) is 6.26 Å². The molecule has 6 heterocycles. The lowest BCUT2D eigenvalue weighted by Crippen LogP contribution is -2.62. The zero-order chi connectivity index (χ0) is 20.0. The standard InChI is InChI=1S/C21H27N5O3/c1-13-19(14-2-6-25(13)7-3-14)24-20(27)17-10-15-16(12-29-18(15)11-23-17)21(28)26-8-4-22-5-9-26/h10-14,19,22H,2-9H2,1H3,(H,24,27). The van der Waals surface area contributed by atoms with Crippen LogP contribution in [0.3, 0.4) is 0 Å². The molecule has 0 spiro atoms. The first kappa shape index (κ1) is 18.6. The number of pyridine rings is 1. The highest BCUT2D eigenvalue weighted by molar-refractivity contribution is 6.07. The van der Waals surface area contributed by atoms with Gasteiger partial charge in [0.15, 0.2) is 5.58 Å². The molecule has 0 radical (unpaired) electrons. The number of nitrogens with zero attached hydrogens (tertiary/aromatic N) is 3. The Morgan fingerprint density at radius 3 is 2.69 bits per heavy atom. The fraction of sp³-hybridized carbons (Fsp3) is 0.571. The Hall–Kier alpha value is -2.45. The fourth-order valence-electron chi connectivity index (χ4n) is 5.03. The van der Waals surface area contributed by atoms with E-state index in [0.29, 0.717) is 47.3 Å². The van der Waals surface area contributed by atoms with Gasteiger partial charge in [0.1, 0.15) is 12.0 Å². The van der Waals surface area contributed by atoms with Gasteiger partial charge in [-0.05, 0) is 44.8 Å². The predicted molar refractivity (Wildman–Crippen MR) is 108 cm³/mol. The van der Waals surface area contributed by atoms with Crippen LogP contribution in [-0.4, -0.2) is 78.0 Å². The summed E-state index contributed by atoms with van der Waals surface area (Å²) in [5.74, 6) is 0.287. The zero-order valence-electron chi connectivity index (χ0n) is 16.7. The maximum atomic E-state index is 13.0. The molecule has 2 amide bonds. The van der Waals surface area contributed by atoms with Crippen molar-refractivity contribution in [1.82, 2.24) is 25.4 Å². The van der Waals surface area contributed by atoms with Crippen molar-refractivity contribution in [3.8, 4) is 0 Å². The molecular weight excluding hydrogens is 370 g/mol. The van der Waals surface area contributed by atoms with Gasteiger partial charge < -0.3 is 20.0 Å². The topological polar surface area (TPSA) is 90.7 Å². The highest BCUT2D eigenvalue weighted by atomic mass is 16.3. The molecule has 2 aromatic heterocycles. The summed E-state index contributed by atoms with van der Waals surface area (Å²) in [6.45, 7) is 7.34. The van der Waals surface area contributed by atoms with Gasteiger partial charge in [0, 0.05) is 43.6 Å². The Balaban J connectivity index is 1.38. The molecular formula is C21H27N5O3. The molecule has 4 fully saturated rings. The lowest BCUT2D eigenvalue weighted by molar-refractivity contribution is 0.0216. The molecule has 6 rings (SSSR count). The van der Waals surface area contributed by atoms with Crippen LogP contribution in [0, 0.1) is 5.92 Å². The van der Waals surface area contributed by atoms with Gasteiger partial charge in [0.2, 0.25) is 0 Å². The van der Waals surface area contributed by atoms with Crippen molar-refractivity contribution in [2.45, 2.75) is 31.8 Å². The molecule has 0 aliphatic carbocycles. The van der Waals surface area contributed by atoms with Crippen LogP contribution in [0.1, 0.15) is 40.6 Å². The molecule has 2 atom stereocenters. The summed E-state index contributed by atoms with van der Waals surface area (Å²) in [6.07, 6.45) is 5.28. The highest BCUT2D eigenvalue weighted by Crippen LogP contribution is 2.32. The van der Waals surface area contributed by atoms with Crippen molar-refractivity contribution in [3.63, 3.8) is 0 Å². The summed E-state index contributed by atoms with van der Waals surface area (Å²) in [7, 11) is 0. The van der Waals surface area contributed by atoms with Crippen LogP contribution < -0.4 is 10.6 Å². The Kier molecular flexibility index (Phi) is 4.75. The minimum Gasteiger partial charge on any atom is -0.462 e. The van der Waals surface area contributed by atoms with Crippen molar-refractivity contribution in [3.05, 3.63) is 29.8 Å². The van der Waals surface area contributed by atoms with Crippen LogP contribution in [0.2, 0.25) is 0 Å². The van der Waals surface area contributed by atoms with E-state index in [2.05, 4.69) is 27.4 Å². The first-order valence-corrected chi connectivity index (χ1v) is 10.5. The number of hydrogen-bond donors (Lipinski definition) is 2. The largest absolute Gasteiger partial charge is 0.462 e. The smallest absolute Gasteiger partial charge is 0.270 e. The number of piperazine rings is 1. The average molecular weight is 397 g/mol. The first-order valence-electron chi connectivity index (χ1n) is 10.5. The molecule has 154 valence electrons. The van der Waals surface area contributed by atoms with E-state index in [1.807, 2.05) is 4.90 Å². The summed E-state index contributed by atoms with van der Waals surface area (Å²) in [5.41, 5.74) is 1.35. The van der Waals surface area contributed by atoms with Crippen LogP contribution in [0.25, 0.3) is 11.0 Å². The van der Waals surface area contributed by atoms with Gasteiger partial charge in [0.05, 0.1) is 11.8 Å². The monoisotopic (exact) mass is 397 g/mol. The SMILES string of the molecule is CC1C(NC(=O)c2cc3c(C(=O)N4CCNCC4)coc3cn2)C2CCN1CC2. The number of furan rings is 1. The molecule has 29 heavy (non-hydrogen) atoms. The fourth-order valence-corrected chi connectivity index (χ4v) is 5.03. The number of nitrogens with one attached hydrogen (secondary N) is 2. The normalized spacial score (nSPS) is 29.2. The number of amides is 2. The average Bonchev–Trinajstić information content (AvgIpc) is 3.20. The van der Waals surface area contributed by atoms with Gasteiger partial charge >= 0.3 is 0 Å². The summed E-state index contributed by atoms with van der Waals surface area (Å²) in [6, 6.07) is 2.18. The third-order valence-corrected chi connectivity index (χ3v) is 6.80. The molecule has 4 aliphatic heterocycles. The van der Waals surface area contributed by atoms with Gasteiger partial charge in [-0.2, -0.15) is 0 Å². The zero-order valence-corrected chi connectivity index (χ0v) is 16.7. The van der Waals surface area contributed by atoms with Crippen LogP contribution in [-0.2, 0) is 0 Å².